The van der Waals surface area contributed by atoms with Gasteiger partial charge >= 0.3 is 0 Å². The molecular weight excluding hydrogens is 232 g/mol. The van der Waals surface area contributed by atoms with Crippen LogP contribution in [0, 0.1) is 23.7 Å². The summed E-state index contributed by atoms with van der Waals surface area (Å²) in [5.41, 5.74) is 6.36. The summed E-state index contributed by atoms with van der Waals surface area (Å²) in [6.07, 6.45) is 5.17. The van der Waals surface area contributed by atoms with Crippen LogP contribution in [0.4, 0.5) is 0 Å². The molecule has 114 valence electrons. The zero-order valence-electron chi connectivity index (χ0n) is 14.0. The second-order valence-corrected chi connectivity index (χ2v) is 7.66. The molecule has 0 radical (unpaired) electrons. The van der Waals surface area contributed by atoms with Gasteiger partial charge in [0.05, 0.1) is 0 Å². The van der Waals surface area contributed by atoms with Crippen LogP contribution in [0.3, 0.4) is 0 Å². The van der Waals surface area contributed by atoms with Crippen molar-refractivity contribution in [2.45, 2.75) is 72.4 Å². The van der Waals surface area contributed by atoms with Crippen molar-refractivity contribution >= 4 is 0 Å². The van der Waals surface area contributed by atoms with E-state index in [4.69, 9.17) is 5.73 Å². The van der Waals surface area contributed by atoms with Crippen molar-refractivity contribution in [1.29, 1.82) is 0 Å². The van der Waals surface area contributed by atoms with E-state index in [1.165, 1.54) is 32.2 Å². The highest BCUT2D eigenvalue weighted by Gasteiger charge is 2.30. The Morgan fingerprint density at radius 1 is 1.11 bits per heavy atom. The number of nitrogens with zero attached hydrogens (tertiary/aromatic N) is 1. The number of rotatable bonds is 6. The Bertz CT molecular complexity index is 250. The molecular formula is C17H36N2. The monoisotopic (exact) mass is 268 g/mol. The van der Waals surface area contributed by atoms with E-state index in [0.717, 1.165) is 17.8 Å². The van der Waals surface area contributed by atoms with Crippen LogP contribution in [-0.2, 0) is 0 Å². The van der Waals surface area contributed by atoms with Gasteiger partial charge in [-0.3, -0.25) is 0 Å². The van der Waals surface area contributed by atoms with Gasteiger partial charge in [-0.1, -0.05) is 27.7 Å². The van der Waals surface area contributed by atoms with Crippen LogP contribution >= 0.6 is 0 Å². The maximum Gasteiger partial charge on any atom is 0.00795 e. The third-order valence-electron chi connectivity index (χ3n) is 5.11. The van der Waals surface area contributed by atoms with Gasteiger partial charge in [0.2, 0.25) is 0 Å². The summed E-state index contributed by atoms with van der Waals surface area (Å²) in [7, 11) is 2.28. The van der Waals surface area contributed by atoms with E-state index in [0.29, 0.717) is 18.0 Å². The minimum Gasteiger partial charge on any atom is -0.327 e. The Kier molecular flexibility index (Phi) is 6.82. The van der Waals surface area contributed by atoms with Crippen molar-refractivity contribution in [1.82, 2.24) is 4.90 Å². The molecule has 1 aliphatic carbocycles. The van der Waals surface area contributed by atoms with Gasteiger partial charge in [0.25, 0.3) is 0 Å². The topological polar surface area (TPSA) is 29.3 Å². The van der Waals surface area contributed by atoms with E-state index in [-0.39, 0.29) is 0 Å². The second kappa shape index (κ2) is 7.64. The highest BCUT2D eigenvalue weighted by molar-refractivity contribution is 4.86. The molecule has 0 amide bonds. The first kappa shape index (κ1) is 17.0. The smallest absolute Gasteiger partial charge is 0.00795 e. The SMILES string of the molecule is CC(C)CC(C)N(C)CC1CC(C(C)C)CCC1N. The Morgan fingerprint density at radius 3 is 2.26 bits per heavy atom. The molecule has 19 heavy (non-hydrogen) atoms. The molecule has 2 nitrogen and oxygen atoms in total. The average molecular weight is 268 g/mol. The van der Waals surface area contributed by atoms with Gasteiger partial charge in [-0.15, -0.1) is 0 Å². The summed E-state index contributed by atoms with van der Waals surface area (Å²) >= 11 is 0. The normalized spacial score (nSPS) is 30.3. The predicted octanol–water partition coefficient (Wildman–Crippen LogP) is 3.75. The van der Waals surface area contributed by atoms with Crippen LogP contribution in [0.5, 0.6) is 0 Å². The Balaban J connectivity index is 2.48. The van der Waals surface area contributed by atoms with Crippen molar-refractivity contribution in [3.8, 4) is 0 Å². The van der Waals surface area contributed by atoms with E-state index in [2.05, 4.69) is 46.6 Å². The van der Waals surface area contributed by atoms with Crippen LogP contribution in [0.2, 0.25) is 0 Å². The van der Waals surface area contributed by atoms with Crippen LogP contribution in [-0.4, -0.2) is 30.6 Å². The lowest BCUT2D eigenvalue weighted by atomic mass is 9.73. The zero-order valence-corrected chi connectivity index (χ0v) is 14.0. The molecule has 1 rings (SSSR count). The quantitative estimate of drug-likeness (QED) is 0.795. The van der Waals surface area contributed by atoms with Gasteiger partial charge in [0.15, 0.2) is 0 Å². The van der Waals surface area contributed by atoms with Crippen LogP contribution < -0.4 is 5.73 Å². The zero-order chi connectivity index (χ0) is 14.6. The van der Waals surface area contributed by atoms with Gasteiger partial charge in [-0.25, -0.2) is 0 Å². The number of nitrogens with two attached hydrogens (primary N) is 1. The van der Waals surface area contributed by atoms with Crippen LogP contribution in [0.15, 0.2) is 0 Å². The fourth-order valence-corrected chi connectivity index (χ4v) is 3.55. The molecule has 0 aromatic heterocycles. The van der Waals surface area contributed by atoms with Crippen LogP contribution in [0.25, 0.3) is 0 Å². The lowest BCUT2D eigenvalue weighted by molar-refractivity contribution is 0.125. The lowest BCUT2D eigenvalue weighted by Crippen LogP contribution is -2.45. The van der Waals surface area contributed by atoms with Gasteiger partial charge < -0.3 is 10.6 Å². The first-order valence-corrected chi connectivity index (χ1v) is 8.27. The standard InChI is InChI=1S/C17H36N2/c1-12(2)9-14(5)19(6)11-16-10-15(13(3)4)7-8-17(16)18/h12-17H,7-11,18H2,1-6H3. The molecule has 0 aromatic rings. The van der Waals surface area contributed by atoms with Crippen molar-refractivity contribution in [2.75, 3.05) is 13.6 Å². The highest BCUT2D eigenvalue weighted by atomic mass is 15.1. The number of hydrogen-bond acceptors (Lipinski definition) is 2. The first-order valence-electron chi connectivity index (χ1n) is 8.27. The molecule has 1 saturated carbocycles. The van der Waals surface area contributed by atoms with Crippen molar-refractivity contribution < 1.29 is 0 Å². The molecule has 0 heterocycles. The third-order valence-corrected chi connectivity index (χ3v) is 5.11. The highest BCUT2D eigenvalue weighted by Crippen LogP contribution is 2.33. The minimum absolute atomic E-state index is 0.420. The molecule has 0 spiro atoms. The fourth-order valence-electron chi connectivity index (χ4n) is 3.55. The molecule has 4 unspecified atom stereocenters. The molecule has 0 aromatic carbocycles. The van der Waals surface area contributed by atoms with Crippen LogP contribution in [0.1, 0.15) is 60.3 Å². The Labute approximate surface area is 121 Å². The van der Waals surface area contributed by atoms with Gasteiger partial charge in [0, 0.05) is 18.6 Å². The van der Waals surface area contributed by atoms with Gasteiger partial charge in [-0.05, 0) is 63.3 Å². The Morgan fingerprint density at radius 2 is 1.74 bits per heavy atom. The van der Waals surface area contributed by atoms with E-state index >= 15 is 0 Å². The molecule has 0 aliphatic heterocycles. The van der Waals surface area contributed by atoms with E-state index in [1.54, 1.807) is 0 Å². The fraction of sp³-hybridized carbons (Fsp3) is 1.00. The molecule has 1 aliphatic rings. The molecule has 0 bridgehead atoms. The van der Waals surface area contributed by atoms with Crippen molar-refractivity contribution in [2.24, 2.45) is 29.4 Å². The molecule has 1 fully saturated rings. The maximum atomic E-state index is 6.36. The molecule has 0 saturated heterocycles. The Hall–Kier alpha value is -0.0800. The lowest BCUT2D eigenvalue weighted by Gasteiger charge is -2.39. The summed E-state index contributed by atoms with van der Waals surface area (Å²) in [6.45, 7) is 12.9. The molecule has 2 N–H and O–H groups in total. The summed E-state index contributed by atoms with van der Waals surface area (Å²) in [5, 5.41) is 0. The molecule has 4 atom stereocenters. The van der Waals surface area contributed by atoms with E-state index in [9.17, 15) is 0 Å². The van der Waals surface area contributed by atoms with E-state index < -0.39 is 0 Å². The summed E-state index contributed by atoms with van der Waals surface area (Å²) in [4.78, 5) is 2.53. The largest absolute Gasteiger partial charge is 0.327 e. The van der Waals surface area contributed by atoms with E-state index in [1.807, 2.05) is 0 Å². The first-order chi connectivity index (χ1) is 8.81. The third kappa shape index (κ3) is 5.43. The second-order valence-electron chi connectivity index (χ2n) is 7.66. The van der Waals surface area contributed by atoms with Crippen molar-refractivity contribution in [3.63, 3.8) is 0 Å². The molecule has 2 heteroatoms. The van der Waals surface area contributed by atoms with Gasteiger partial charge in [0.1, 0.15) is 0 Å². The average Bonchev–Trinajstić information content (AvgIpc) is 2.30. The minimum atomic E-state index is 0.420. The van der Waals surface area contributed by atoms with Gasteiger partial charge in [-0.2, -0.15) is 0 Å². The van der Waals surface area contributed by atoms with Crippen molar-refractivity contribution in [3.05, 3.63) is 0 Å². The summed E-state index contributed by atoms with van der Waals surface area (Å²) in [5.74, 6) is 3.17. The number of hydrogen-bond donors (Lipinski definition) is 1. The predicted molar refractivity (Wildman–Crippen MR) is 85.2 cm³/mol. The summed E-state index contributed by atoms with van der Waals surface area (Å²) < 4.78 is 0. The summed E-state index contributed by atoms with van der Waals surface area (Å²) in [6, 6.07) is 1.09. The maximum absolute atomic E-state index is 6.36.